The number of benzene rings is 2. The SMILES string of the molecule is CC(C)(C)[Si](C)(C)Oc1ccccc1-c1ccc(F)cc1. The summed E-state index contributed by atoms with van der Waals surface area (Å²) in [7, 11) is -1.89. The van der Waals surface area contributed by atoms with Crippen LogP contribution in [0.25, 0.3) is 11.1 Å². The van der Waals surface area contributed by atoms with Gasteiger partial charge in [0.05, 0.1) is 0 Å². The summed E-state index contributed by atoms with van der Waals surface area (Å²) in [6.45, 7) is 11.1. The summed E-state index contributed by atoms with van der Waals surface area (Å²) in [4.78, 5) is 0. The van der Waals surface area contributed by atoms with Crippen molar-refractivity contribution >= 4 is 8.32 Å². The predicted octanol–water partition coefficient (Wildman–Crippen LogP) is 5.88. The van der Waals surface area contributed by atoms with Gasteiger partial charge in [-0.3, -0.25) is 0 Å². The molecule has 112 valence electrons. The van der Waals surface area contributed by atoms with Gasteiger partial charge in [-0.1, -0.05) is 51.1 Å². The van der Waals surface area contributed by atoms with E-state index in [-0.39, 0.29) is 10.9 Å². The summed E-state index contributed by atoms with van der Waals surface area (Å²) < 4.78 is 19.5. The van der Waals surface area contributed by atoms with Crippen LogP contribution < -0.4 is 4.43 Å². The van der Waals surface area contributed by atoms with Crippen LogP contribution in [0.5, 0.6) is 5.75 Å². The summed E-state index contributed by atoms with van der Waals surface area (Å²) in [5, 5.41) is 0.142. The Morgan fingerprint density at radius 3 is 2.05 bits per heavy atom. The highest BCUT2D eigenvalue weighted by Gasteiger charge is 2.39. The lowest BCUT2D eigenvalue weighted by Crippen LogP contribution is -2.43. The van der Waals surface area contributed by atoms with E-state index in [1.54, 1.807) is 12.1 Å². The van der Waals surface area contributed by atoms with Crippen LogP contribution in [0.1, 0.15) is 20.8 Å². The molecule has 0 saturated heterocycles. The van der Waals surface area contributed by atoms with Crippen LogP contribution in [0.4, 0.5) is 4.39 Å². The van der Waals surface area contributed by atoms with E-state index in [2.05, 4.69) is 33.9 Å². The summed E-state index contributed by atoms with van der Waals surface area (Å²) in [5.41, 5.74) is 1.99. The Morgan fingerprint density at radius 1 is 0.905 bits per heavy atom. The van der Waals surface area contributed by atoms with Crippen molar-refractivity contribution in [3.63, 3.8) is 0 Å². The van der Waals surface area contributed by atoms with Crippen molar-refractivity contribution < 1.29 is 8.82 Å². The van der Waals surface area contributed by atoms with Crippen molar-refractivity contribution in [3.8, 4) is 16.9 Å². The van der Waals surface area contributed by atoms with Crippen molar-refractivity contribution in [1.82, 2.24) is 0 Å². The van der Waals surface area contributed by atoms with Crippen LogP contribution in [-0.4, -0.2) is 8.32 Å². The molecule has 0 aliphatic carbocycles. The summed E-state index contributed by atoms with van der Waals surface area (Å²) in [6.07, 6.45) is 0. The maximum atomic E-state index is 13.1. The number of halogens is 1. The van der Waals surface area contributed by atoms with Gasteiger partial charge in [-0.15, -0.1) is 0 Å². The molecule has 0 atom stereocenters. The molecule has 3 heteroatoms. The molecule has 0 N–H and O–H groups in total. The number of para-hydroxylation sites is 1. The van der Waals surface area contributed by atoms with Crippen LogP contribution >= 0.6 is 0 Å². The zero-order valence-electron chi connectivity index (χ0n) is 13.4. The Hall–Kier alpha value is -1.61. The van der Waals surface area contributed by atoms with Gasteiger partial charge in [0.25, 0.3) is 8.32 Å². The van der Waals surface area contributed by atoms with Crippen LogP contribution in [0.2, 0.25) is 18.1 Å². The largest absolute Gasteiger partial charge is 0.543 e. The van der Waals surface area contributed by atoms with E-state index in [4.69, 9.17) is 4.43 Å². The van der Waals surface area contributed by atoms with E-state index < -0.39 is 8.32 Å². The standard InChI is InChI=1S/C18H23FOSi/c1-18(2,3)21(4,5)20-17-9-7-6-8-16(17)14-10-12-15(19)13-11-14/h6-13H,1-5H3. The zero-order valence-corrected chi connectivity index (χ0v) is 14.4. The van der Waals surface area contributed by atoms with E-state index in [0.717, 1.165) is 16.9 Å². The molecule has 0 unspecified atom stereocenters. The molecule has 0 saturated carbocycles. The molecule has 0 bridgehead atoms. The molecular formula is C18H23FOSi. The lowest BCUT2D eigenvalue weighted by Gasteiger charge is -2.37. The second-order valence-electron chi connectivity index (χ2n) is 6.87. The molecule has 0 fully saturated rings. The minimum absolute atomic E-state index is 0.142. The first-order valence-corrected chi connectivity index (χ1v) is 10.2. The minimum atomic E-state index is -1.89. The van der Waals surface area contributed by atoms with Crippen molar-refractivity contribution in [3.05, 3.63) is 54.3 Å². The first-order valence-electron chi connectivity index (χ1n) is 7.25. The molecule has 1 nitrogen and oxygen atoms in total. The van der Waals surface area contributed by atoms with Gasteiger partial charge in [0.15, 0.2) is 0 Å². The highest BCUT2D eigenvalue weighted by molar-refractivity contribution is 6.74. The van der Waals surface area contributed by atoms with Crippen LogP contribution in [0, 0.1) is 5.82 Å². The van der Waals surface area contributed by atoms with E-state index in [9.17, 15) is 4.39 Å². The molecule has 0 aliphatic heterocycles. The summed E-state index contributed by atoms with van der Waals surface area (Å²) in [5.74, 6) is 0.664. The van der Waals surface area contributed by atoms with Crippen LogP contribution in [0.15, 0.2) is 48.5 Å². The van der Waals surface area contributed by atoms with Gasteiger partial charge in [0.1, 0.15) is 11.6 Å². The smallest absolute Gasteiger partial charge is 0.250 e. The molecule has 0 aromatic heterocycles. The molecule has 2 aromatic carbocycles. The van der Waals surface area contributed by atoms with Crippen molar-refractivity contribution in [1.29, 1.82) is 0 Å². The van der Waals surface area contributed by atoms with Gasteiger partial charge < -0.3 is 4.43 Å². The molecular weight excluding hydrogens is 279 g/mol. The molecule has 2 rings (SSSR count). The molecule has 0 heterocycles. The van der Waals surface area contributed by atoms with E-state index in [1.807, 2.05) is 24.3 Å². The fourth-order valence-electron chi connectivity index (χ4n) is 1.85. The van der Waals surface area contributed by atoms with Gasteiger partial charge in [0.2, 0.25) is 0 Å². The Bertz CT molecular complexity index is 612. The van der Waals surface area contributed by atoms with E-state index in [1.165, 1.54) is 12.1 Å². The minimum Gasteiger partial charge on any atom is -0.543 e. The normalized spacial score (nSPS) is 12.3. The third kappa shape index (κ3) is 3.53. The number of hydrogen-bond donors (Lipinski definition) is 0. The van der Waals surface area contributed by atoms with Gasteiger partial charge in [0, 0.05) is 5.56 Å². The predicted molar refractivity (Wildman–Crippen MR) is 89.7 cm³/mol. The fourth-order valence-corrected chi connectivity index (χ4v) is 2.89. The Balaban J connectivity index is 2.40. The highest BCUT2D eigenvalue weighted by atomic mass is 28.4. The highest BCUT2D eigenvalue weighted by Crippen LogP contribution is 2.40. The van der Waals surface area contributed by atoms with Gasteiger partial charge in [-0.2, -0.15) is 0 Å². The third-order valence-corrected chi connectivity index (χ3v) is 8.56. The average molecular weight is 302 g/mol. The third-order valence-electron chi connectivity index (χ3n) is 4.21. The molecule has 0 amide bonds. The van der Waals surface area contributed by atoms with Crippen molar-refractivity contribution in [2.75, 3.05) is 0 Å². The van der Waals surface area contributed by atoms with Crippen LogP contribution in [-0.2, 0) is 0 Å². The summed E-state index contributed by atoms with van der Waals surface area (Å²) >= 11 is 0. The maximum Gasteiger partial charge on any atom is 0.250 e. The quantitative estimate of drug-likeness (QED) is 0.644. The summed E-state index contributed by atoms with van der Waals surface area (Å²) in [6, 6.07) is 14.5. The first-order chi connectivity index (χ1) is 9.71. The lowest BCUT2D eigenvalue weighted by molar-refractivity contribution is 0.493. The van der Waals surface area contributed by atoms with Crippen molar-refractivity contribution in [2.45, 2.75) is 38.9 Å². The number of rotatable bonds is 3. The number of hydrogen-bond acceptors (Lipinski definition) is 1. The van der Waals surface area contributed by atoms with Gasteiger partial charge in [-0.25, -0.2) is 4.39 Å². The average Bonchev–Trinajstić information content (AvgIpc) is 2.39. The Kier molecular flexibility index (Phi) is 4.24. The van der Waals surface area contributed by atoms with E-state index >= 15 is 0 Å². The first kappa shape index (κ1) is 15.8. The zero-order chi connectivity index (χ0) is 15.7. The topological polar surface area (TPSA) is 9.23 Å². The fraction of sp³-hybridized carbons (Fsp3) is 0.333. The molecule has 0 spiro atoms. The molecule has 0 aliphatic rings. The van der Waals surface area contributed by atoms with Gasteiger partial charge in [-0.05, 0) is 41.9 Å². The van der Waals surface area contributed by atoms with Crippen molar-refractivity contribution in [2.24, 2.45) is 0 Å². The van der Waals surface area contributed by atoms with Gasteiger partial charge >= 0.3 is 0 Å². The molecule has 21 heavy (non-hydrogen) atoms. The second-order valence-corrected chi connectivity index (χ2v) is 11.6. The van der Waals surface area contributed by atoms with E-state index in [0.29, 0.717) is 0 Å². The monoisotopic (exact) mass is 302 g/mol. The lowest BCUT2D eigenvalue weighted by atomic mass is 10.1. The molecule has 2 aromatic rings. The Morgan fingerprint density at radius 2 is 1.48 bits per heavy atom. The van der Waals surface area contributed by atoms with Crippen LogP contribution in [0.3, 0.4) is 0 Å². The Labute approximate surface area is 127 Å². The maximum absolute atomic E-state index is 13.1. The second kappa shape index (κ2) is 5.64. The molecule has 0 radical (unpaired) electrons.